The molecule has 0 spiro atoms. The van der Waals surface area contributed by atoms with Crippen molar-refractivity contribution >= 4 is 19.7 Å². The molecule has 5 heterocycles. The van der Waals surface area contributed by atoms with Crippen molar-refractivity contribution in [3.05, 3.63) is 54.2 Å². The number of aryl methyl sites for hydroxylation is 1. The van der Waals surface area contributed by atoms with Crippen LogP contribution in [0.25, 0.3) is 11.2 Å². The Morgan fingerprint density at radius 3 is 2.76 bits per heavy atom. The molecule has 11 heteroatoms. The molecule has 3 fully saturated rings. The zero-order valence-corrected chi connectivity index (χ0v) is 23.3. The lowest BCUT2D eigenvalue weighted by molar-refractivity contribution is -0.0751. The number of hydrogen-bond donors (Lipinski definition) is 0. The number of methoxy groups -OCH3 is 1. The van der Waals surface area contributed by atoms with Crippen LogP contribution in [0.15, 0.2) is 43.0 Å². The lowest BCUT2D eigenvalue weighted by Gasteiger charge is -2.29. The smallest absolute Gasteiger partial charge is 0.260 e. The van der Waals surface area contributed by atoms with Crippen LogP contribution in [0, 0.1) is 6.92 Å². The zero-order chi connectivity index (χ0) is 26.3. The third-order valence-corrected chi connectivity index (χ3v) is 9.86. The van der Waals surface area contributed by atoms with Gasteiger partial charge >= 0.3 is 0 Å². The Morgan fingerprint density at radius 1 is 1.13 bits per heavy atom. The number of hydrogen-bond acceptors (Lipinski definition) is 9. The number of imidazole rings is 1. The summed E-state index contributed by atoms with van der Waals surface area (Å²) in [6.07, 6.45) is 4.97. The number of aromatic nitrogens is 4. The van der Waals surface area contributed by atoms with Crippen molar-refractivity contribution < 1.29 is 23.3 Å². The SMILES string of the molecule is CC[C@H]1O[C@@H](n2cnc3c(C)ncnc32)C(OCCOC)[C@H]1O[P@]1O[C@@](C)(c2ccccc2)[C@H]2CCCN21. The van der Waals surface area contributed by atoms with Gasteiger partial charge in [0.05, 0.1) is 37.4 Å². The monoisotopic (exact) mass is 541 g/mol. The first-order valence-corrected chi connectivity index (χ1v) is 14.6. The van der Waals surface area contributed by atoms with E-state index < -0.39 is 26.5 Å². The molecule has 10 nitrogen and oxygen atoms in total. The summed E-state index contributed by atoms with van der Waals surface area (Å²) >= 11 is 0. The van der Waals surface area contributed by atoms with E-state index in [0.29, 0.717) is 13.2 Å². The van der Waals surface area contributed by atoms with Crippen LogP contribution in [-0.4, -0.2) is 75.4 Å². The topological polar surface area (TPSA) is 93.0 Å². The Bertz CT molecular complexity index is 1250. The Kier molecular flexibility index (Phi) is 7.48. The van der Waals surface area contributed by atoms with Crippen LogP contribution >= 0.6 is 8.53 Å². The highest BCUT2D eigenvalue weighted by Gasteiger charge is 2.57. The zero-order valence-electron chi connectivity index (χ0n) is 22.4. The minimum atomic E-state index is -1.31. The van der Waals surface area contributed by atoms with Crippen molar-refractivity contribution in [3.8, 4) is 0 Å². The largest absolute Gasteiger partial charge is 0.382 e. The van der Waals surface area contributed by atoms with Crippen LogP contribution in [0.4, 0.5) is 0 Å². The molecule has 0 amide bonds. The first kappa shape index (κ1) is 26.2. The maximum Gasteiger partial charge on any atom is 0.260 e. The van der Waals surface area contributed by atoms with Crippen molar-refractivity contribution in [2.45, 2.75) is 76.2 Å². The minimum absolute atomic E-state index is 0.177. The molecule has 3 aliphatic heterocycles. The first-order valence-electron chi connectivity index (χ1n) is 13.4. The molecule has 0 aliphatic carbocycles. The molecule has 7 atom stereocenters. The van der Waals surface area contributed by atoms with E-state index in [0.717, 1.165) is 42.7 Å². The van der Waals surface area contributed by atoms with Gasteiger partial charge in [-0.1, -0.05) is 37.3 Å². The molecule has 1 unspecified atom stereocenters. The highest BCUT2D eigenvalue weighted by Crippen LogP contribution is 2.64. The number of nitrogens with zero attached hydrogens (tertiary/aromatic N) is 5. The Morgan fingerprint density at radius 2 is 1.97 bits per heavy atom. The lowest BCUT2D eigenvalue weighted by atomic mass is 9.87. The second-order valence-electron chi connectivity index (χ2n) is 10.3. The summed E-state index contributed by atoms with van der Waals surface area (Å²) in [5, 5.41) is 0. The van der Waals surface area contributed by atoms with Gasteiger partial charge in [0.2, 0.25) is 0 Å². The maximum absolute atomic E-state index is 6.93. The van der Waals surface area contributed by atoms with Gasteiger partial charge in [-0.05, 0) is 38.7 Å². The number of rotatable bonds is 9. The van der Waals surface area contributed by atoms with Gasteiger partial charge in [-0.15, -0.1) is 0 Å². The second kappa shape index (κ2) is 10.8. The van der Waals surface area contributed by atoms with Gasteiger partial charge in [0.25, 0.3) is 8.53 Å². The van der Waals surface area contributed by atoms with Gasteiger partial charge in [0.1, 0.15) is 29.7 Å². The van der Waals surface area contributed by atoms with Crippen molar-refractivity contribution in [3.63, 3.8) is 0 Å². The van der Waals surface area contributed by atoms with E-state index >= 15 is 0 Å². The van der Waals surface area contributed by atoms with Crippen LogP contribution in [0.3, 0.4) is 0 Å². The van der Waals surface area contributed by atoms with Crippen LogP contribution in [0.2, 0.25) is 0 Å². The van der Waals surface area contributed by atoms with Crippen molar-refractivity contribution in [1.29, 1.82) is 0 Å². The normalized spacial score (nSPS) is 33.4. The fraction of sp³-hybridized carbons (Fsp3) is 0.593. The van der Waals surface area contributed by atoms with Crippen LogP contribution in [0.5, 0.6) is 0 Å². The Balaban J connectivity index is 1.31. The predicted molar refractivity (Wildman–Crippen MR) is 142 cm³/mol. The summed E-state index contributed by atoms with van der Waals surface area (Å²) in [5.41, 5.74) is 3.06. The molecule has 3 saturated heterocycles. The molecule has 6 rings (SSSR count). The third-order valence-electron chi connectivity index (χ3n) is 8.00. The molecule has 204 valence electrons. The Hall–Kier alpha value is -2.04. The molecule has 0 saturated carbocycles. The minimum Gasteiger partial charge on any atom is -0.382 e. The fourth-order valence-corrected chi connectivity index (χ4v) is 8.12. The fourth-order valence-electron chi connectivity index (χ4n) is 5.97. The van der Waals surface area contributed by atoms with Gasteiger partial charge < -0.3 is 23.3 Å². The van der Waals surface area contributed by atoms with Gasteiger partial charge in [-0.25, -0.2) is 19.6 Å². The molecular formula is C27H36N5O5P. The quantitative estimate of drug-likeness (QED) is 0.287. The summed E-state index contributed by atoms with van der Waals surface area (Å²) in [5.74, 6) is 0. The lowest BCUT2D eigenvalue weighted by Crippen LogP contribution is -2.37. The standard InChI is InChI=1S/C27H36N5O5P/c1-5-20-23(36-38-32-13-9-12-21(32)27(3,37-38)19-10-7-6-8-11-19)24(34-15-14-33-4)26(35-20)31-17-30-22-18(2)28-16-29-25(22)31/h6-8,10-11,16-17,20-21,23-24,26H,5,9,12-15H2,1-4H3/t20-,21-,23+,24?,26-,27+,38-/m1/s1. The van der Waals surface area contributed by atoms with E-state index in [9.17, 15) is 0 Å². The summed E-state index contributed by atoms with van der Waals surface area (Å²) in [6.45, 7) is 8.11. The van der Waals surface area contributed by atoms with E-state index in [2.05, 4.69) is 57.7 Å². The predicted octanol–water partition coefficient (Wildman–Crippen LogP) is 4.50. The third kappa shape index (κ3) is 4.46. The summed E-state index contributed by atoms with van der Waals surface area (Å²) in [4.78, 5) is 13.4. The van der Waals surface area contributed by atoms with Gasteiger partial charge in [-0.2, -0.15) is 0 Å². The molecule has 2 aromatic heterocycles. The van der Waals surface area contributed by atoms with Gasteiger partial charge in [0, 0.05) is 13.7 Å². The van der Waals surface area contributed by atoms with Crippen LogP contribution in [-0.2, 0) is 28.9 Å². The highest BCUT2D eigenvalue weighted by molar-refractivity contribution is 7.45. The van der Waals surface area contributed by atoms with E-state index in [1.165, 1.54) is 5.56 Å². The molecule has 38 heavy (non-hydrogen) atoms. The van der Waals surface area contributed by atoms with E-state index in [1.54, 1.807) is 19.8 Å². The molecule has 0 bridgehead atoms. The van der Waals surface area contributed by atoms with Crippen molar-refractivity contribution in [1.82, 2.24) is 24.2 Å². The van der Waals surface area contributed by atoms with E-state index in [1.807, 2.05) is 17.6 Å². The number of fused-ring (bicyclic) bond motifs is 2. The number of ether oxygens (including phenoxy) is 3. The number of benzene rings is 1. The molecule has 3 aliphatic rings. The van der Waals surface area contributed by atoms with Gasteiger partial charge in [-0.3, -0.25) is 4.57 Å². The molecule has 1 aromatic carbocycles. The highest BCUT2D eigenvalue weighted by atomic mass is 31.2. The maximum atomic E-state index is 6.93. The molecular weight excluding hydrogens is 505 g/mol. The summed E-state index contributed by atoms with van der Waals surface area (Å²) in [7, 11) is 0.362. The van der Waals surface area contributed by atoms with Gasteiger partial charge in [0.15, 0.2) is 11.9 Å². The van der Waals surface area contributed by atoms with E-state index in [-0.39, 0.29) is 18.2 Å². The van der Waals surface area contributed by atoms with Crippen LogP contribution in [0.1, 0.15) is 50.6 Å². The summed E-state index contributed by atoms with van der Waals surface area (Å²) in [6, 6.07) is 10.8. The molecule has 3 aromatic rings. The second-order valence-corrected chi connectivity index (χ2v) is 11.7. The first-order chi connectivity index (χ1) is 18.5. The van der Waals surface area contributed by atoms with Crippen molar-refractivity contribution in [2.75, 3.05) is 26.9 Å². The Labute approximate surface area is 224 Å². The summed E-state index contributed by atoms with van der Waals surface area (Å²) < 4.78 is 36.5. The average Bonchev–Trinajstić information content (AvgIpc) is 3.70. The molecule has 0 N–H and O–H groups in total. The average molecular weight is 542 g/mol. The van der Waals surface area contributed by atoms with Crippen LogP contribution < -0.4 is 0 Å². The molecule has 0 radical (unpaired) electrons. The van der Waals surface area contributed by atoms with Crippen molar-refractivity contribution in [2.24, 2.45) is 0 Å². The van der Waals surface area contributed by atoms with E-state index in [4.69, 9.17) is 23.3 Å².